The number of nitrogens with zero attached hydrogens (tertiary/aromatic N) is 3. The quantitative estimate of drug-likeness (QED) is 0.903. The van der Waals surface area contributed by atoms with Gasteiger partial charge in [0, 0.05) is 32.0 Å². The number of hydrogen-bond acceptors (Lipinski definition) is 3. The first-order valence-electron chi connectivity index (χ1n) is 7.52. The summed E-state index contributed by atoms with van der Waals surface area (Å²) >= 11 is 0. The van der Waals surface area contributed by atoms with E-state index in [1.807, 2.05) is 36.5 Å². The summed E-state index contributed by atoms with van der Waals surface area (Å²) in [5.74, 6) is 0. The highest BCUT2D eigenvalue weighted by Crippen LogP contribution is 2.11. The topological polar surface area (TPSA) is 70.4 Å². The lowest BCUT2D eigenvalue weighted by atomic mass is 10.1. The maximum absolute atomic E-state index is 12.1. The number of piperidine rings is 1. The Bertz CT molecular complexity index is 602. The SMILES string of the molecule is O=C(NCc1ccc(-n2cccn2)cc1)N1CCC(O)CC1. The van der Waals surface area contributed by atoms with E-state index >= 15 is 0 Å². The van der Waals surface area contributed by atoms with Crippen LogP contribution in [0.15, 0.2) is 42.7 Å². The summed E-state index contributed by atoms with van der Waals surface area (Å²) < 4.78 is 1.79. The van der Waals surface area contributed by atoms with E-state index < -0.39 is 0 Å². The van der Waals surface area contributed by atoms with Crippen LogP contribution in [-0.4, -0.2) is 45.0 Å². The van der Waals surface area contributed by atoms with Crippen LogP contribution in [-0.2, 0) is 6.54 Å². The molecule has 1 aromatic heterocycles. The van der Waals surface area contributed by atoms with E-state index in [1.165, 1.54) is 0 Å². The molecule has 6 heteroatoms. The van der Waals surface area contributed by atoms with Crippen molar-refractivity contribution in [2.24, 2.45) is 0 Å². The summed E-state index contributed by atoms with van der Waals surface area (Å²) in [6, 6.07) is 9.73. The van der Waals surface area contributed by atoms with Gasteiger partial charge in [0.2, 0.25) is 0 Å². The zero-order chi connectivity index (χ0) is 15.4. The van der Waals surface area contributed by atoms with E-state index in [1.54, 1.807) is 15.8 Å². The van der Waals surface area contributed by atoms with Gasteiger partial charge in [-0.1, -0.05) is 12.1 Å². The molecule has 0 bridgehead atoms. The molecule has 1 saturated heterocycles. The Morgan fingerprint density at radius 2 is 2.00 bits per heavy atom. The van der Waals surface area contributed by atoms with Gasteiger partial charge in [-0.15, -0.1) is 0 Å². The summed E-state index contributed by atoms with van der Waals surface area (Å²) in [6.07, 6.45) is 4.68. The summed E-state index contributed by atoms with van der Waals surface area (Å²) in [6.45, 7) is 1.73. The fourth-order valence-corrected chi connectivity index (χ4v) is 2.55. The van der Waals surface area contributed by atoms with E-state index in [0.717, 1.165) is 11.3 Å². The molecule has 2 N–H and O–H groups in total. The van der Waals surface area contributed by atoms with Gasteiger partial charge in [-0.05, 0) is 36.6 Å². The maximum atomic E-state index is 12.1. The van der Waals surface area contributed by atoms with E-state index in [4.69, 9.17) is 0 Å². The number of nitrogens with one attached hydrogen (secondary N) is 1. The zero-order valence-corrected chi connectivity index (χ0v) is 12.4. The van der Waals surface area contributed by atoms with Crippen molar-refractivity contribution in [2.75, 3.05) is 13.1 Å². The summed E-state index contributed by atoms with van der Waals surface area (Å²) in [7, 11) is 0. The molecule has 1 aliphatic heterocycles. The van der Waals surface area contributed by atoms with Crippen LogP contribution in [0.2, 0.25) is 0 Å². The minimum absolute atomic E-state index is 0.0666. The van der Waals surface area contributed by atoms with Gasteiger partial charge >= 0.3 is 6.03 Å². The number of likely N-dealkylation sites (tertiary alicyclic amines) is 1. The van der Waals surface area contributed by atoms with Crippen LogP contribution in [0.25, 0.3) is 5.69 Å². The molecule has 0 aliphatic carbocycles. The fraction of sp³-hybridized carbons (Fsp3) is 0.375. The molecule has 116 valence electrons. The molecular formula is C16H20N4O2. The van der Waals surface area contributed by atoms with Crippen molar-refractivity contribution in [2.45, 2.75) is 25.5 Å². The largest absolute Gasteiger partial charge is 0.393 e. The number of aromatic nitrogens is 2. The van der Waals surface area contributed by atoms with Crippen LogP contribution in [0.3, 0.4) is 0 Å². The number of carbonyl (C=O) groups excluding carboxylic acids is 1. The average molecular weight is 300 g/mol. The van der Waals surface area contributed by atoms with Gasteiger partial charge in [0.15, 0.2) is 0 Å². The molecule has 1 fully saturated rings. The van der Waals surface area contributed by atoms with Crippen LogP contribution in [0, 0.1) is 0 Å². The Hall–Kier alpha value is -2.34. The van der Waals surface area contributed by atoms with Crippen molar-refractivity contribution in [3.8, 4) is 5.69 Å². The minimum atomic E-state index is -0.265. The van der Waals surface area contributed by atoms with Gasteiger partial charge in [0.05, 0.1) is 11.8 Å². The highest BCUT2D eigenvalue weighted by molar-refractivity contribution is 5.74. The zero-order valence-electron chi connectivity index (χ0n) is 12.4. The molecule has 0 atom stereocenters. The Kier molecular flexibility index (Phi) is 4.39. The number of carbonyl (C=O) groups is 1. The van der Waals surface area contributed by atoms with Crippen molar-refractivity contribution in [3.63, 3.8) is 0 Å². The van der Waals surface area contributed by atoms with E-state index in [-0.39, 0.29) is 12.1 Å². The first-order chi connectivity index (χ1) is 10.7. The molecule has 0 saturated carbocycles. The van der Waals surface area contributed by atoms with Crippen molar-refractivity contribution < 1.29 is 9.90 Å². The van der Waals surface area contributed by atoms with Crippen LogP contribution in [0.4, 0.5) is 4.79 Å². The molecule has 2 amide bonds. The lowest BCUT2D eigenvalue weighted by Crippen LogP contribution is -2.45. The minimum Gasteiger partial charge on any atom is -0.393 e. The fourth-order valence-electron chi connectivity index (χ4n) is 2.55. The third-order valence-corrected chi connectivity index (χ3v) is 3.90. The predicted octanol–water partition coefficient (Wildman–Crippen LogP) is 1.54. The van der Waals surface area contributed by atoms with Crippen LogP contribution in [0.1, 0.15) is 18.4 Å². The number of amides is 2. The van der Waals surface area contributed by atoms with Crippen molar-refractivity contribution in [3.05, 3.63) is 48.3 Å². The summed E-state index contributed by atoms with van der Waals surface area (Å²) in [5.41, 5.74) is 2.03. The average Bonchev–Trinajstić information content (AvgIpc) is 3.08. The lowest BCUT2D eigenvalue weighted by molar-refractivity contribution is 0.0936. The van der Waals surface area contributed by atoms with Gasteiger partial charge in [0.25, 0.3) is 0 Å². The van der Waals surface area contributed by atoms with Crippen LogP contribution in [0.5, 0.6) is 0 Å². The third kappa shape index (κ3) is 3.46. The predicted molar refractivity (Wildman–Crippen MR) is 82.6 cm³/mol. The number of aliphatic hydroxyl groups is 1. The van der Waals surface area contributed by atoms with Gasteiger partial charge in [0.1, 0.15) is 0 Å². The third-order valence-electron chi connectivity index (χ3n) is 3.90. The number of rotatable bonds is 3. The van der Waals surface area contributed by atoms with Crippen LogP contribution < -0.4 is 5.32 Å². The van der Waals surface area contributed by atoms with Gasteiger partial charge in [-0.3, -0.25) is 0 Å². The first-order valence-corrected chi connectivity index (χ1v) is 7.52. The second-order valence-electron chi connectivity index (χ2n) is 5.49. The van der Waals surface area contributed by atoms with Gasteiger partial charge in [-0.25, -0.2) is 9.48 Å². The molecule has 22 heavy (non-hydrogen) atoms. The number of benzene rings is 1. The molecule has 2 aromatic rings. The molecule has 0 spiro atoms. The standard InChI is InChI=1S/C16H20N4O2/c21-15-6-10-19(11-7-15)16(22)17-12-13-2-4-14(5-3-13)20-9-1-8-18-20/h1-5,8-9,15,21H,6-7,10-12H2,(H,17,22). The monoisotopic (exact) mass is 300 g/mol. The highest BCUT2D eigenvalue weighted by Gasteiger charge is 2.20. The summed E-state index contributed by atoms with van der Waals surface area (Å²) in [5, 5.41) is 16.6. The van der Waals surface area contributed by atoms with E-state index in [0.29, 0.717) is 32.5 Å². The Labute approximate surface area is 129 Å². The van der Waals surface area contributed by atoms with Crippen molar-refractivity contribution in [1.29, 1.82) is 0 Å². The molecule has 1 aliphatic rings. The number of hydrogen-bond donors (Lipinski definition) is 2. The smallest absolute Gasteiger partial charge is 0.317 e. The molecule has 2 heterocycles. The molecule has 6 nitrogen and oxygen atoms in total. The van der Waals surface area contributed by atoms with Crippen molar-refractivity contribution >= 4 is 6.03 Å². The van der Waals surface area contributed by atoms with Gasteiger partial charge in [-0.2, -0.15) is 5.10 Å². The van der Waals surface area contributed by atoms with Crippen molar-refractivity contribution in [1.82, 2.24) is 20.0 Å². The number of urea groups is 1. The van der Waals surface area contributed by atoms with Gasteiger partial charge < -0.3 is 15.3 Å². The van der Waals surface area contributed by atoms with Crippen LogP contribution >= 0.6 is 0 Å². The second-order valence-corrected chi connectivity index (χ2v) is 5.49. The molecule has 1 aromatic carbocycles. The Morgan fingerprint density at radius 1 is 1.27 bits per heavy atom. The normalized spacial score (nSPS) is 15.8. The Balaban J connectivity index is 1.52. The second kappa shape index (κ2) is 6.62. The van der Waals surface area contributed by atoms with E-state index in [2.05, 4.69) is 10.4 Å². The lowest BCUT2D eigenvalue weighted by Gasteiger charge is -2.29. The molecule has 3 rings (SSSR count). The summed E-state index contributed by atoms with van der Waals surface area (Å²) in [4.78, 5) is 13.8. The molecular weight excluding hydrogens is 280 g/mol. The Morgan fingerprint density at radius 3 is 2.64 bits per heavy atom. The number of aliphatic hydroxyl groups excluding tert-OH is 1. The highest BCUT2D eigenvalue weighted by atomic mass is 16.3. The maximum Gasteiger partial charge on any atom is 0.317 e. The molecule has 0 unspecified atom stereocenters. The van der Waals surface area contributed by atoms with E-state index in [9.17, 15) is 9.90 Å². The first kappa shape index (κ1) is 14.6. The molecule has 0 radical (unpaired) electrons.